The first kappa shape index (κ1) is 49.4. The summed E-state index contributed by atoms with van der Waals surface area (Å²) in [7, 11) is 4.92. The van der Waals surface area contributed by atoms with Crippen LogP contribution in [0.5, 0.6) is 17.2 Å². The summed E-state index contributed by atoms with van der Waals surface area (Å²) >= 11 is 0. The summed E-state index contributed by atoms with van der Waals surface area (Å²) in [6.07, 6.45) is 0. The number of nitrogens with zero attached hydrogens (tertiary/aromatic N) is 6. The van der Waals surface area contributed by atoms with Gasteiger partial charge in [-0.25, -0.2) is 5.06 Å². The molecule has 0 heterocycles. The second-order valence-corrected chi connectivity index (χ2v) is 19.8. The van der Waals surface area contributed by atoms with Gasteiger partial charge in [0, 0.05) is 87.9 Å². The number of nitroso groups, excluding NO2 is 1. The molecule has 1 radical (unpaired) electrons. The molecule has 7 aromatic rings. The minimum atomic E-state index is -0.649. The van der Waals surface area contributed by atoms with Gasteiger partial charge in [0.1, 0.15) is 17.2 Å². The summed E-state index contributed by atoms with van der Waals surface area (Å²) in [5.74, 6) is 2.10. The molecule has 0 aliphatic heterocycles. The third kappa shape index (κ3) is 11.1. The predicted octanol–water partition coefficient (Wildman–Crippen LogP) is 15.4. The zero-order chi connectivity index (χ0) is 49.8. The van der Waals surface area contributed by atoms with Crippen molar-refractivity contribution in [1.29, 1.82) is 0 Å². The zero-order valence-corrected chi connectivity index (χ0v) is 41.7. The van der Waals surface area contributed by atoms with E-state index in [0.717, 1.165) is 66.1 Å². The fourth-order valence-corrected chi connectivity index (χ4v) is 7.88. The number of benzene rings is 7. The number of hydrogen-bond acceptors (Lipinski definition) is 10. The summed E-state index contributed by atoms with van der Waals surface area (Å²) in [6.45, 7) is 17.0. The number of anilines is 11. The molecule has 12 nitrogen and oxygen atoms in total. The van der Waals surface area contributed by atoms with E-state index in [0.29, 0.717) is 34.3 Å². The molecule has 12 heteroatoms. The standard InChI is InChI=1S/C57H63N6O6/c1-55(2,3)61(64)46-19-13-40(14-20-46)58(43-25-31-52(67-10)32-26-43)49-37-50(59(44-27-33-53(68-11)34-28-44)41-15-21-47(22-16-41)62(65)56(4,5)6)39-51(38-49)60(45-29-35-54(69-12)36-30-45)42-17-23-48(24-18-42)63(66)57(7,8)9/h13-39H,1-12H3. The number of hydroxylamine groups is 2. The molecule has 0 N–H and O–H groups in total. The van der Waals surface area contributed by atoms with Gasteiger partial charge in [0.2, 0.25) is 5.54 Å². The van der Waals surface area contributed by atoms with Crippen molar-refractivity contribution in [1.82, 2.24) is 0 Å². The highest BCUT2D eigenvalue weighted by Gasteiger charge is 2.32. The van der Waals surface area contributed by atoms with Crippen LogP contribution in [0.4, 0.5) is 68.2 Å². The Balaban J connectivity index is 1.54. The highest BCUT2D eigenvalue weighted by molar-refractivity contribution is 5.90. The lowest BCUT2D eigenvalue weighted by atomic mass is 10.1. The largest absolute Gasteiger partial charge is 0.758 e. The Hall–Kier alpha value is -7.54. The minimum Gasteiger partial charge on any atom is -0.758 e. The molecule has 0 atom stereocenters. The van der Waals surface area contributed by atoms with E-state index in [1.807, 2.05) is 208 Å². The second kappa shape index (κ2) is 20.0. The maximum absolute atomic E-state index is 13.5. The molecule has 0 aliphatic carbocycles. The summed E-state index contributed by atoms with van der Waals surface area (Å²) < 4.78 is 17.9. The van der Waals surface area contributed by atoms with Gasteiger partial charge in [-0.15, -0.1) is 0 Å². The monoisotopic (exact) mass is 927 g/mol. The van der Waals surface area contributed by atoms with Gasteiger partial charge in [-0.05, 0) is 193 Å². The molecule has 0 unspecified atom stereocenters. The lowest BCUT2D eigenvalue weighted by molar-refractivity contribution is -0.540. The van der Waals surface area contributed by atoms with Crippen LogP contribution >= 0.6 is 0 Å². The van der Waals surface area contributed by atoms with Crippen LogP contribution in [-0.4, -0.2) is 42.7 Å². The smallest absolute Gasteiger partial charge is 0.256 e. The van der Waals surface area contributed by atoms with Crippen LogP contribution in [0, 0.1) is 10.1 Å². The van der Waals surface area contributed by atoms with Gasteiger partial charge >= 0.3 is 0 Å². The fourth-order valence-electron chi connectivity index (χ4n) is 7.88. The highest BCUT2D eigenvalue weighted by Crippen LogP contribution is 2.47. The molecule has 0 bridgehead atoms. The van der Waals surface area contributed by atoms with Crippen LogP contribution in [0.2, 0.25) is 0 Å². The lowest BCUT2D eigenvalue weighted by Gasteiger charge is -2.43. The summed E-state index contributed by atoms with van der Waals surface area (Å²) in [5, 5.41) is 28.9. The van der Waals surface area contributed by atoms with Crippen molar-refractivity contribution in [3.8, 4) is 17.2 Å². The summed E-state index contributed by atoms with van der Waals surface area (Å²) in [6, 6.07) is 52.7. The number of hydrogen-bond donors (Lipinski definition) is 0. The Morgan fingerprint density at radius 2 is 0.638 bits per heavy atom. The van der Waals surface area contributed by atoms with Crippen molar-refractivity contribution in [3.05, 3.63) is 174 Å². The molecule has 0 amide bonds. The molecule has 7 aromatic carbocycles. The predicted molar refractivity (Wildman–Crippen MR) is 282 cm³/mol. The van der Waals surface area contributed by atoms with Crippen molar-refractivity contribution < 1.29 is 24.2 Å². The van der Waals surface area contributed by atoms with E-state index >= 15 is 0 Å². The molecule has 357 valence electrons. The quantitative estimate of drug-likeness (QED) is 0.0729. The zero-order valence-electron chi connectivity index (χ0n) is 41.7. The van der Waals surface area contributed by atoms with Crippen molar-refractivity contribution >= 4 is 68.2 Å². The average Bonchev–Trinajstić information content (AvgIpc) is 3.34. The molecule has 0 aromatic heterocycles. The average molecular weight is 928 g/mol. The first-order valence-electron chi connectivity index (χ1n) is 22.9. The SMILES string of the molecule is COc1ccc(N(c2ccc(N([O])C(C)(C)C)cc2)c2cc(N(c3ccc(OC)cc3)c3ccc(N([O-])C(C)(C)C)cc3)cc(N(c3ccc(OC)cc3)c3ccc([N+](=O)C(C)(C)C)cc3)c2)cc1. The number of ether oxygens (including phenoxy) is 3. The number of rotatable bonds is 15. The normalized spacial score (nSPS) is 11.7. The Morgan fingerprint density at radius 3 is 0.899 bits per heavy atom. The molecular weight excluding hydrogens is 865 g/mol. The summed E-state index contributed by atoms with van der Waals surface area (Å²) in [4.78, 5) is 19.9. The Morgan fingerprint density at radius 1 is 0.377 bits per heavy atom. The molecule has 0 fully saturated rings. The van der Waals surface area contributed by atoms with E-state index in [4.69, 9.17) is 14.2 Å². The van der Waals surface area contributed by atoms with Gasteiger partial charge < -0.3 is 39.2 Å². The van der Waals surface area contributed by atoms with Crippen molar-refractivity contribution in [2.24, 2.45) is 0 Å². The molecular formula is C57H63N6O6. The first-order chi connectivity index (χ1) is 32.7. The van der Waals surface area contributed by atoms with Crippen LogP contribution < -0.4 is 39.0 Å². The Bertz CT molecular complexity index is 2680. The fraction of sp³-hybridized carbons (Fsp3) is 0.263. The molecule has 0 saturated heterocycles. The van der Waals surface area contributed by atoms with E-state index in [9.17, 15) is 15.3 Å². The van der Waals surface area contributed by atoms with Gasteiger partial charge in [0.15, 0.2) is 0 Å². The van der Waals surface area contributed by atoms with E-state index in [1.54, 1.807) is 21.3 Å². The van der Waals surface area contributed by atoms with Crippen LogP contribution in [0.25, 0.3) is 0 Å². The minimum absolute atomic E-state index is 0.532. The van der Waals surface area contributed by atoms with E-state index in [2.05, 4.69) is 32.9 Å². The molecule has 7 rings (SSSR count). The first-order valence-corrected chi connectivity index (χ1v) is 22.9. The van der Waals surface area contributed by atoms with Gasteiger partial charge in [0.05, 0.1) is 49.6 Å². The van der Waals surface area contributed by atoms with Gasteiger partial charge in [-0.3, -0.25) is 0 Å². The molecule has 0 saturated carbocycles. The third-order valence-electron chi connectivity index (χ3n) is 11.5. The van der Waals surface area contributed by atoms with Gasteiger partial charge in [0.25, 0.3) is 5.69 Å². The Kier molecular flexibility index (Phi) is 14.3. The lowest BCUT2D eigenvalue weighted by Crippen LogP contribution is -2.37. The summed E-state index contributed by atoms with van der Waals surface area (Å²) in [5.41, 5.74) is 6.86. The van der Waals surface area contributed by atoms with Crippen LogP contribution in [0.1, 0.15) is 62.3 Å². The van der Waals surface area contributed by atoms with Gasteiger partial charge in [-0.1, -0.05) is 5.21 Å². The highest BCUT2D eigenvalue weighted by atomic mass is 16.5. The van der Waals surface area contributed by atoms with Crippen LogP contribution in [0.3, 0.4) is 0 Å². The van der Waals surface area contributed by atoms with E-state index in [1.165, 1.54) is 0 Å². The van der Waals surface area contributed by atoms with Gasteiger partial charge in [-0.2, -0.15) is 0 Å². The van der Waals surface area contributed by atoms with Crippen molar-refractivity contribution in [2.45, 2.75) is 78.9 Å². The van der Waals surface area contributed by atoms with Crippen LogP contribution in [-0.2, 0) is 5.21 Å². The van der Waals surface area contributed by atoms with Crippen LogP contribution in [0.15, 0.2) is 164 Å². The maximum atomic E-state index is 13.5. The van der Waals surface area contributed by atoms with E-state index in [-0.39, 0.29) is 0 Å². The van der Waals surface area contributed by atoms with Crippen molar-refractivity contribution in [2.75, 3.05) is 46.2 Å². The Labute approximate surface area is 407 Å². The molecule has 69 heavy (non-hydrogen) atoms. The maximum Gasteiger partial charge on any atom is 0.256 e. The molecule has 0 spiro atoms. The third-order valence-corrected chi connectivity index (χ3v) is 11.5. The molecule has 0 aliphatic rings. The van der Waals surface area contributed by atoms with E-state index < -0.39 is 16.6 Å². The topological polar surface area (TPSA) is 107 Å². The number of methoxy groups -OCH3 is 3. The van der Waals surface area contributed by atoms with Crippen molar-refractivity contribution in [3.63, 3.8) is 0 Å². The second-order valence-electron chi connectivity index (χ2n) is 19.8.